The van der Waals surface area contributed by atoms with Crippen molar-refractivity contribution < 1.29 is 32.8 Å². The monoisotopic (exact) mass is 973 g/mol. The van der Waals surface area contributed by atoms with Gasteiger partial charge in [0.25, 0.3) is 5.91 Å². The molecule has 3 aromatic carbocycles. The van der Waals surface area contributed by atoms with Crippen LogP contribution in [0.1, 0.15) is 100 Å². The Bertz CT molecular complexity index is 2570. The number of ether oxygens (including phenoxy) is 1. The zero-order chi connectivity index (χ0) is 49.8. The molecule has 18 nitrogen and oxygen atoms in total. The van der Waals surface area contributed by atoms with Crippen molar-refractivity contribution in [3.63, 3.8) is 0 Å². The van der Waals surface area contributed by atoms with Crippen molar-refractivity contribution >= 4 is 40.6 Å². The van der Waals surface area contributed by atoms with E-state index in [0.717, 1.165) is 41.6 Å². The summed E-state index contributed by atoms with van der Waals surface area (Å²) in [5.74, 6) is 0.726. The number of amides is 3. The van der Waals surface area contributed by atoms with Crippen molar-refractivity contribution in [2.75, 3.05) is 25.1 Å². The van der Waals surface area contributed by atoms with E-state index in [4.69, 9.17) is 9.72 Å². The molecule has 0 spiro atoms. The highest BCUT2D eigenvalue weighted by Gasteiger charge is 2.26. The van der Waals surface area contributed by atoms with Gasteiger partial charge in [-0.3, -0.25) is 19.8 Å². The van der Waals surface area contributed by atoms with Crippen molar-refractivity contribution in [1.82, 2.24) is 46.1 Å². The molecule has 6 aromatic rings. The minimum Gasteiger partial charge on any atom is -0.478 e. The Hall–Kier alpha value is -7.06. The number of pyridine rings is 2. The number of carbonyl (C=O) groups is 3. The highest BCUT2D eigenvalue weighted by molar-refractivity contribution is 8.19. The van der Waals surface area contributed by atoms with Gasteiger partial charge < -0.3 is 34.3 Å². The SMILES string of the molecule is CCNC(=O)C(CCCCNC(=O)CCCCn1nnc(C(C)(C)CCCCOc2cc(-c3ccccc3)cc(-c3ccccc3)n2)n1)NC(=O)c1ccc(N/N=C\c2ccccc2S(O)(O)O)nc1. The number of aryl methyl sites for hydroxylation is 1. The molecule has 1 unspecified atom stereocenters. The van der Waals surface area contributed by atoms with Gasteiger partial charge in [0.2, 0.25) is 17.7 Å². The number of benzene rings is 3. The van der Waals surface area contributed by atoms with E-state index in [1.165, 1.54) is 30.6 Å². The second kappa shape index (κ2) is 26.1. The summed E-state index contributed by atoms with van der Waals surface area (Å²) >= 11 is 0. The first-order valence-corrected chi connectivity index (χ1v) is 25.0. The Balaban J connectivity index is 0.852. The van der Waals surface area contributed by atoms with Gasteiger partial charge in [0.15, 0.2) is 5.82 Å². The van der Waals surface area contributed by atoms with Crippen LogP contribution < -0.4 is 26.1 Å². The first-order chi connectivity index (χ1) is 33.8. The summed E-state index contributed by atoms with van der Waals surface area (Å²) in [5, 5.41) is 25.8. The van der Waals surface area contributed by atoms with Gasteiger partial charge >= 0.3 is 0 Å². The second-order valence-electron chi connectivity index (χ2n) is 17.3. The molecular formula is C51H63N11O7S. The summed E-state index contributed by atoms with van der Waals surface area (Å²) < 4.78 is 35.2. The maximum Gasteiger partial charge on any atom is 0.253 e. The molecule has 1 atom stereocenters. The summed E-state index contributed by atoms with van der Waals surface area (Å²) in [6, 6.07) is 32.8. The zero-order valence-corrected chi connectivity index (χ0v) is 40.6. The number of tetrazole rings is 1. The molecule has 6 rings (SSSR count). The molecule has 3 heterocycles. The molecule has 0 aliphatic rings. The van der Waals surface area contributed by atoms with E-state index in [-0.39, 0.29) is 27.7 Å². The number of nitrogens with zero attached hydrogens (tertiary/aromatic N) is 7. The Morgan fingerprint density at radius 2 is 1.57 bits per heavy atom. The van der Waals surface area contributed by atoms with Crippen LogP contribution in [0.3, 0.4) is 0 Å². The zero-order valence-electron chi connectivity index (χ0n) is 39.8. The molecule has 0 fully saturated rings. The number of hydrogen-bond acceptors (Lipinski definition) is 14. The Morgan fingerprint density at radius 3 is 2.30 bits per heavy atom. The van der Waals surface area contributed by atoms with Gasteiger partial charge in [-0.1, -0.05) is 92.7 Å². The van der Waals surface area contributed by atoms with Crippen LogP contribution in [0.15, 0.2) is 125 Å². The van der Waals surface area contributed by atoms with Crippen molar-refractivity contribution in [3.05, 3.63) is 132 Å². The summed E-state index contributed by atoms with van der Waals surface area (Å²) in [6.07, 6.45) is 8.52. The lowest BCUT2D eigenvalue weighted by molar-refractivity contribution is -0.123. The van der Waals surface area contributed by atoms with Crippen LogP contribution in [-0.4, -0.2) is 93.5 Å². The summed E-state index contributed by atoms with van der Waals surface area (Å²) in [5.41, 5.74) is 6.98. The van der Waals surface area contributed by atoms with E-state index < -0.39 is 22.8 Å². The fourth-order valence-corrected chi connectivity index (χ4v) is 8.13. The fraction of sp³-hybridized carbons (Fsp3) is 0.353. The van der Waals surface area contributed by atoms with Gasteiger partial charge in [-0.15, -0.1) is 10.2 Å². The topological polar surface area (TPSA) is 251 Å². The highest BCUT2D eigenvalue weighted by Crippen LogP contribution is 2.44. The minimum atomic E-state index is -3.94. The number of likely N-dealkylation sites (N-methyl/N-ethyl adjacent to an activating group) is 1. The molecule has 0 saturated heterocycles. The maximum absolute atomic E-state index is 13.1. The molecule has 370 valence electrons. The second-order valence-corrected chi connectivity index (χ2v) is 18.8. The fourth-order valence-electron chi connectivity index (χ4n) is 7.43. The summed E-state index contributed by atoms with van der Waals surface area (Å²) in [6.45, 7) is 7.95. The van der Waals surface area contributed by atoms with Gasteiger partial charge in [-0.25, -0.2) is 9.97 Å². The Morgan fingerprint density at radius 1 is 0.829 bits per heavy atom. The normalized spacial score (nSPS) is 12.3. The van der Waals surface area contributed by atoms with Gasteiger partial charge in [0.05, 0.1) is 35.5 Å². The van der Waals surface area contributed by atoms with E-state index >= 15 is 0 Å². The Labute approximate surface area is 410 Å². The highest BCUT2D eigenvalue weighted by atomic mass is 32.3. The lowest BCUT2D eigenvalue weighted by Gasteiger charge is -2.20. The lowest BCUT2D eigenvalue weighted by atomic mass is 9.86. The van der Waals surface area contributed by atoms with E-state index in [9.17, 15) is 28.0 Å². The van der Waals surface area contributed by atoms with Crippen LogP contribution >= 0.6 is 10.9 Å². The molecule has 7 N–H and O–H groups in total. The molecule has 3 amide bonds. The number of rotatable bonds is 27. The van der Waals surface area contributed by atoms with Crippen LogP contribution in [0.25, 0.3) is 22.4 Å². The number of nitrogens with one attached hydrogen (secondary N) is 4. The average Bonchev–Trinajstić information content (AvgIpc) is 3.85. The largest absolute Gasteiger partial charge is 0.478 e. The number of carbonyl (C=O) groups excluding carboxylic acids is 3. The molecule has 19 heteroatoms. The third kappa shape index (κ3) is 16.3. The van der Waals surface area contributed by atoms with Crippen LogP contribution in [0.4, 0.5) is 5.82 Å². The molecule has 0 bridgehead atoms. The first-order valence-electron chi connectivity index (χ1n) is 23.5. The molecule has 0 radical (unpaired) electrons. The van der Waals surface area contributed by atoms with E-state index in [2.05, 4.69) is 91.1 Å². The molecule has 0 aliphatic carbocycles. The van der Waals surface area contributed by atoms with E-state index in [1.807, 2.05) is 42.5 Å². The van der Waals surface area contributed by atoms with Crippen molar-refractivity contribution in [2.45, 2.75) is 101 Å². The number of unbranched alkanes of at least 4 members (excludes halogenated alkanes) is 3. The standard InChI is InChI=1S/C51H63N11O7S/c1-4-52-49(65)42(57-48(64)40-27-28-45(54-35-40)58-55-36-39-23-11-12-25-44(39)70(66,67)68)24-13-16-30-53-46(63)26-14-17-31-62-60-50(59-61-62)51(2,3)29-15-18-32-69-47-34-41(37-19-7-5-8-20-37)33-43(56-47)38-21-9-6-10-22-38/h5-12,19-23,25,27-28,33-36,42,66-68H,4,13-18,24,26,29-32H2,1-3H3,(H,52,65)(H,53,63)(H,54,58)(H,57,64)/b55-36-. The van der Waals surface area contributed by atoms with Gasteiger partial charge in [0.1, 0.15) is 22.7 Å². The smallest absolute Gasteiger partial charge is 0.253 e. The van der Waals surface area contributed by atoms with Crippen LogP contribution in [-0.2, 0) is 21.5 Å². The quantitative estimate of drug-likeness (QED) is 0.0145. The van der Waals surface area contributed by atoms with Crippen LogP contribution in [0, 0.1) is 0 Å². The Kier molecular flexibility index (Phi) is 19.5. The number of hydrogen-bond donors (Lipinski definition) is 7. The van der Waals surface area contributed by atoms with Crippen molar-refractivity contribution in [3.8, 4) is 28.3 Å². The van der Waals surface area contributed by atoms with E-state index in [1.54, 1.807) is 29.9 Å². The molecule has 70 heavy (non-hydrogen) atoms. The van der Waals surface area contributed by atoms with Gasteiger partial charge in [-0.05, 0) is 98.9 Å². The van der Waals surface area contributed by atoms with Gasteiger partial charge in [0, 0.05) is 48.3 Å². The number of aromatic nitrogens is 6. The lowest BCUT2D eigenvalue weighted by Crippen LogP contribution is -2.46. The van der Waals surface area contributed by atoms with E-state index in [0.29, 0.717) is 87.9 Å². The molecular weight excluding hydrogens is 911 g/mol. The van der Waals surface area contributed by atoms with Crippen LogP contribution in [0.2, 0.25) is 0 Å². The third-order valence-electron chi connectivity index (χ3n) is 11.3. The molecule has 0 aliphatic heterocycles. The summed E-state index contributed by atoms with van der Waals surface area (Å²) in [7, 11) is -3.94. The first kappa shape index (κ1) is 52.3. The maximum atomic E-state index is 13.1. The minimum absolute atomic E-state index is 0.0632. The van der Waals surface area contributed by atoms with Crippen molar-refractivity contribution in [2.24, 2.45) is 5.10 Å². The van der Waals surface area contributed by atoms with Crippen LogP contribution in [0.5, 0.6) is 5.88 Å². The molecule has 3 aromatic heterocycles. The number of hydrazone groups is 1. The average molecular weight is 974 g/mol. The third-order valence-corrected chi connectivity index (χ3v) is 12.3. The predicted molar refractivity (Wildman–Crippen MR) is 272 cm³/mol. The number of anilines is 1. The van der Waals surface area contributed by atoms with Gasteiger partial charge in [-0.2, -0.15) is 9.90 Å². The molecule has 0 saturated carbocycles. The van der Waals surface area contributed by atoms with Crippen molar-refractivity contribution in [1.29, 1.82) is 0 Å². The predicted octanol–water partition coefficient (Wildman–Crippen LogP) is 8.74. The summed E-state index contributed by atoms with van der Waals surface area (Å²) in [4.78, 5) is 49.1.